The number of nitrogens with zero attached hydrogens (tertiary/aromatic N) is 2. The van der Waals surface area contributed by atoms with E-state index in [1.807, 2.05) is 6.07 Å². The first-order valence-corrected chi connectivity index (χ1v) is 8.03. The number of ether oxygens (including phenoxy) is 1. The molecule has 0 saturated heterocycles. The van der Waals surface area contributed by atoms with Crippen LogP contribution in [0.2, 0.25) is 0 Å². The minimum Gasteiger partial charge on any atom is -0.465 e. The summed E-state index contributed by atoms with van der Waals surface area (Å²) in [6.45, 7) is 0. The van der Waals surface area contributed by atoms with Gasteiger partial charge in [-0.05, 0) is 36.4 Å². The van der Waals surface area contributed by atoms with Crippen molar-refractivity contribution in [3.8, 4) is 11.8 Å². The zero-order valence-electron chi connectivity index (χ0n) is 14.5. The molecule has 0 spiro atoms. The fourth-order valence-corrected chi connectivity index (χ4v) is 2.27. The molecule has 1 N–H and O–H groups in total. The number of hydrogen-bond donors (Lipinski definition) is 1. The molecule has 0 radical (unpaired) electrons. The normalized spacial score (nSPS) is 9.67. The SMILES string of the molecule is COC(=O)c1cccc(C#Cc2cccc(NC(=O)c3cnccn3)c2)c1. The van der Waals surface area contributed by atoms with Crippen molar-refractivity contribution >= 4 is 17.6 Å². The second kappa shape index (κ2) is 8.41. The highest BCUT2D eigenvalue weighted by Crippen LogP contribution is 2.12. The molecule has 0 aliphatic heterocycles. The van der Waals surface area contributed by atoms with E-state index >= 15 is 0 Å². The van der Waals surface area contributed by atoms with Crippen molar-refractivity contribution in [1.82, 2.24) is 9.97 Å². The molecule has 3 aromatic rings. The van der Waals surface area contributed by atoms with Crippen LogP contribution < -0.4 is 5.32 Å². The Kier molecular flexibility index (Phi) is 5.55. The van der Waals surface area contributed by atoms with E-state index in [-0.39, 0.29) is 11.6 Å². The summed E-state index contributed by atoms with van der Waals surface area (Å²) in [6.07, 6.45) is 4.36. The van der Waals surface area contributed by atoms with Gasteiger partial charge in [0.1, 0.15) is 5.69 Å². The Labute approximate surface area is 156 Å². The number of carbonyl (C=O) groups excluding carboxylic acids is 2. The fourth-order valence-electron chi connectivity index (χ4n) is 2.27. The molecule has 0 unspecified atom stereocenters. The molecular weight excluding hydrogens is 342 g/mol. The average molecular weight is 357 g/mol. The summed E-state index contributed by atoms with van der Waals surface area (Å²) in [4.78, 5) is 31.6. The second-order valence-electron chi connectivity index (χ2n) is 5.45. The number of methoxy groups -OCH3 is 1. The van der Waals surface area contributed by atoms with Gasteiger partial charge in [-0.1, -0.05) is 24.0 Å². The molecule has 1 heterocycles. The highest BCUT2D eigenvalue weighted by molar-refractivity contribution is 6.02. The highest BCUT2D eigenvalue weighted by Gasteiger charge is 2.07. The van der Waals surface area contributed by atoms with Crippen LogP contribution in [-0.4, -0.2) is 29.0 Å². The van der Waals surface area contributed by atoms with Crippen molar-refractivity contribution in [2.45, 2.75) is 0 Å². The molecule has 27 heavy (non-hydrogen) atoms. The van der Waals surface area contributed by atoms with Gasteiger partial charge in [-0.3, -0.25) is 9.78 Å². The van der Waals surface area contributed by atoms with Gasteiger partial charge in [0.25, 0.3) is 5.91 Å². The summed E-state index contributed by atoms with van der Waals surface area (Å²) in [7, 11) is 1.33. The van der Waals surface area contributed by atoms with E-state index in [2.05, 4.69) is 27.1 Å². The van der Waals surface area contributed by atoms with E-state index in [4.69, 9.17) is 4.74 Å². The van der Waals surface area contributed by atoms with Gasteiger partial charge in [-0.25, -0.2) is 9.78 Å². The Hall–Kier alpha value is -3.98. The topological polar surface area (TPSA) is 81.2 Å². The summed E-state index contributed by atoms with van der Waals surface area (Å²) in [6, 6.07) is 14.0. The van der Waals surface area contributed by atoms with Crippen LogP contribution in [0.25, 0.3) is 0 Å². The first-order valence-electron chi connectivity index (χ1n) is 8.03. The van der Waals surface area contributed by atoms with Crippen LogP contribution in [0, 0.1) is 11.8 Å². The number of anilines is 1. The minimum absolute atomic E-state index is 0.230. The lowest BCUT2D eigenvalue weighted by atomic mass is 10.1. The molecule has 2 aromatic carbocycles. The molecule has 1 amide bonds. The highest BCUT2D eigenvalue weighted by atomic mass is 16.5. The quantitative estimate of drug-likeness (QED) is 0.576. The fraction of sp³-hybridized carbons (Fsp3) is 0.0476. The molecule has 0 fully saturated rings. The van der Waals surface area contributed by atoms with Crippen LogP contribution >= 0.6 is 0 Å². The van der Waals surface area contributed by atoms with Crippen LogP contribution in [-0.2, 0) is 4.74 Å². The summed E-state index contributed by atoms with van der Waals surface area (Å²) in [5.74, 6) is 5.26. The summed E-state index contributed by atoms with van der Waals surface area (Å²) >= 11 is 0. The third-order valence-corrected chi connectivity index (χ3v) is 3.55. The molecule has 0 bridgehead atoms. The number of nitrogens with one attached hydrogen (secondary N) is 1. The van der Waals surface area contributed by atoms with Crippen LogP contribution in [0.4, 0.5) is 5.69 Å². The van der Waals surface area contributed by atoms with Crippen LogP contribution in [0.15, 0.2) is 67.1 Å². The van der Waals surface area contributed by atoms with Gasteiger partial charge in [-0.2, -0.15) is 0 Å². The maximum atomic E-state index is 12.1. The van der Waals surface area contributed by atoms with Crippen molar-refractivity contribution < 1.29 is 14.3 Å². The number of benzene rings is 2. The second-order valence-corrected chi connectivity index (χ2v) is 5.45. The van der Waals surface area contributed by atoms with E-state index in [0.717, 1.165) is 5.56 Å². The van der Waals surface area contributed by atoms with Crippen LogP contribution in [0.1, 0.15) is 32.0 Å². The Morgan fingerprint density at radius 3 is 2.44 bits per heavy atom. The van der Waals surface area contributed by atoms with E-state index in [1.165, 1.54) is 25.7 Å². The molecular formula is C21H15N3O3. The third-order valence-electron chi connectivity index (χ3n) is 3.55. The lowest BCUT2D eigenvalue weighted by Gasteiger charge is -2.04. The Morgan fingerprint density at radius 1 is 1.00 bits per heavy atom. The van der Waals surface area contributed by atoms with Gasteiger partial charge in [0.15, 0.2) is 0 Å². The summed E-state index contributed by atoms with van der Waals surface area (Å²) in [5, 5.41) is 2.76. The van der Waals surface area contributed by atoms with Crippen molar-refractivity contribution in [2.24, 2.45) is 0 Å². The van der Waals surface area contributed by atoms with E-state index in [1.54, 1.807) is 42.5 Å². The molecule has 0 saturated carbocycles. The van der Waals surface area contributed by atoms with E-state index < -0.39 is 5.97 Å². The average Bonchev–Trinajstić information content (AvgIpc) is 2.73. The van der Waals surface area contributed by atoms with Crippen molar-refractivity contribution in [1.29, 1.82) is 0 Å². The molecule has 0 aliphatic rings. The summed E-state index contributed by atoms with van der Waals surface area (Å²) < 4.78 is 4.71. The first kappa shape index (κ1) is 17.8. The summed E-state index contributed by atoms with van der Waals surface area (Å²) in [5.41, 5.74) is 2.67. The molecule has 6 heteroatoms. The third kappa shape index (κ3) is 4.77. The number of carbonyl (C=O) groups is 2. The van der Waals surface area contributed by atoms with Crippen molar-refractivity contribution in [3.63, 3.8) is 0 Å². The first-order chi connectivity index (χ1) is 13.2. The smallest absolute Gasteiger partial charge is 0.337 e. The zero-order chi connectivity index (χ0) is 19.1. The van der Waals surface area contributed by atoms with Gasteiger partial charge < -0.3 is 10.1 Å². The zero-order valence-corrected chi connectivity index (χ0v) is 14.5. The monoisotopic (exact) mass is 357 g/mol. The predicted molar refractivity (Wildman–Crippen MR) is 100 cm³/mol. The predicted octanol–water partition coefficient (Wildman–Crippen LogP) is 2.92. The maximum Gasteiger partial charge on any atom is 0.337 e. The van der Waals surface area contributed by atoms with Gasteiger partial charge >= 0.3 is 5.97 Å². The molecule has 1 aromatic heterocycles. The minimum atomic E-state index is -0.410. The Balaban J connectivity index is 1.76. The van der Waals surface area contributed by atoms with Crippen molar-refractivity contribution in [2.75, 3.05) is 12.4 Å². The van der Waals surface area contributed by atoms with E-state index in [0.29, 0.717) is 16.8 Å². The number of rotatable bonds is 3. The largest absolute Gasteiger partial charge is 0.465 e. The number of hydrogen-bond acceptors (Lipinski definition) is 5. The van der Waals surface area contributed by atoms with E-state index in [9.17, 15) is 9.59 Å². The maximum absolute atomic E-state index is 12.1. The van der Waals surface area contributed by atoms with Gasteiger partial charge in [0, 0.05) is 29.2 Å². The number of aromatic nitrogens is 2. The Morgan fingerprint density at radius 2 is 1.74 bits per heavy atom. The van der Waals surface area contributed by atoms with Gasteiger partial charge in [0.2, 0.25) is 0 Å². The van der Waals surface area contributed by atoms with Crippen molar-refractivity contribution in [3.05, 3.63) is 89.5 Å². The molecule has 6 nitrogen and oxygen atoms in total. The van der Waals surface area contributed by atoms with Gasteiger partial charge in [-0.15, -0.1) is 0 Å². The molecule has 0 aliphatic carbocycles. The lowest BCUT2D eigenvalue weighted by molar-refractivity contribution is 0.0600. The van der Waals surface area contributed by atoms with Gasteiger partial charge in [0.05, 0.1) is 18.9 Å². The standard InChI is InChI=1S/C21H15N3O3/c1-27-21(26)17-6-2-4-15(12-17)8-9-16-5-3-7-18(13-16)24-20(25)19-14-22-10-11-23-19/h2-7,10-14H,1H3,(H,24,25). The number of amides is 1. The molecule has 132 valence electrons. The number of esters is 1. The molecule has 0 atom stereocenters. The lowest BCUT2D eigenvalue weighted by Crippen LogP contribution is -2.13. The van der Waals surface area contributed by atoms with Crippen LogP contribution in [0.3, 0.4) is 0 Å². The molecule has 3 rings (SSSR count). The van der Waals surface area contributed by atoms with Crippen LogP contribution in [0.5, 0.6) is 0 Å². The Bertz CT molecular complexity index is 1040.